The van der Waals surface area contributed by atoms with E-state index in [4.69, 9.17) is 5.11 Å². The van der Waals surface area contributed by atoms with Crippen LogP contribution in [0.2, 0.25) is 0 Å². The van der Waals surface area contributed by atoms with Gasteiger partial charge in [-0.15, -0.1) is 12.4 Å². The molecule has 1 aromatic rings. The average molecular weight is 420 g/mol. The van der Waals surface area contributed by atoms with Crippen molar-refractivity contribution in [3.8, 4) is 0 Å². The number of halogens is 2. The van der Waals surface area contributed by atoms with Crippen molar-refractivity contribution in [2.45, 2.75) is 44.7 Å². The molecule has 136 valence electrons. The molecular formula is C18H28BrClN2O2. The third-order valence-corrected chi connectivity index (χ3v) is 5.35. The van der Waals surface area contributed by atoms with Gasteiger partial charge in [-0.1, -0.05) is 35.0 Å². The largest absolute Gasteiger partial charge is 0.480 e. The van der Waals surface area contributed by atoms with Gasteiger partial charge in [-0.25, -0.2) is 0 Å². The predicted octanol–water partition coefficient (Wildman–Crippen LogP) is 4.19. The maximum absolute atomic E-state index is 10.9. The number of likely N-dealkylation sites (tertiary alicyclic amines) is 1. The Hall–Kier alpha value is -0.620. The van der Waals surface area contributed by atoms with Crippen LogP contribution in [0.15, 0.2) is 28.7 Å². The zero-order chi connectivity index (χ0) is 16.8. The molecule has 1 N–H and O–H groups in total. The molecule has 0 bridgehead atoms. The molecule has 1 aliphatic rings. The Balaban J connectivity index is 0.00000288. The second-order valence-corrected chi connectivity index (χ2v) is 7.32. The number of carbonyl (C=O) groups is 1. The highest BCUT2D eigenvalue weighted by Gasteiger charge is 2.25. The van der Waals surface area contributed by atoms with Crippen molar-refractivity contribution < 1.29 is 9.90 Å². The summed E-state index contributed by atoms with van der Waals surface area (Å²) in [6.07, 6.45) is 4.34. The molecule has 1 saturated heterocycles. The molecule has 1 aliphatic heterocycles. The quantitative estimate of drug-likeness (QED) is 0.751. The third-order valence-electron chi connectivity index (χ3n) is 4.82. The molecule has 1 heterocycles. The SMILES string of the molecule is CCC(c1ccc(Br)cc1)N1CCCC(N(C)CC(=O)O)CC1.Cl. The number of likely N-dealkylation sites (N-methyl/N-ethyl adjacent to an activating group) is 1. The number of hydrogen-bond donors (Lipinski definition) is 1. The predicted molar refractivity (Wildman–Crippen MR) is 104 cm³/mol. The summed E-state index contributed by atoms with van der Waals surface area (Å²) in [5.74, 6) is -0.741. The molecule has 6 heteroatoms. The van der Waals surface area contributed by atoms with Gasteiger partial charge in [0.05, 0.1) is 6.54 Å². The molecule has 0 aromatic heterocycles. The van der Waals surface area contributed by atoms with E-state index in [0.29, 0.717) is 12.1 Å². The van der Waals surface area contributed by atoms with Crippen LogP contribution in [0.1, 0.15) is 44.2 Å². The van der Waals surface area contributed by atoms with Gasteiger partial charge in [-0.2, -0.15) is 0 Å². The van der Waals surface area contributed by atoms with E-state index < -0.39 is 5.97 Å². The van der Waals surface area contributed by atoms with E-state index in [2.05, 4.69) is 52.0 Å². The van der Waals surface area contributed by atoms with E-state index in [0.717, 1.165) is 43.2 Å². The maximum Gasteiger partial charge on any atom is 0.317 e. The smallest absolute Gasteiger partial charge is 0.317 e. The Labute approximate surface area is 159 Å². The van der Waals surface area contributed by atoms with E-state index in [1.54, 1.807) is 0 Å². The molecule has 1 aromatic carbocycles. The van der Waals surface area contributed by atoms with Crippen LogP contribution < -0.4 is 0 Å². The number of hydrogen-bond acceptors (Lipinski definition) is 3. The van der Waals surface area contributed by atoms with Gasteiger partial charge in [0.15, 0.2) is 0 Å². The summed E-state index contributed by atoms with van der Waals surface area (Å²) in [5, 5.41) is 8.98. The summed E-state index contributed by atoms with van der Waals surface area (Å²) in [5.41, 5.74) is 1.37. The Morgan fingerprint density at radius 3 is 2.58 bits per heavy atom. The first kappa shape index (κ1) is 21.4. The van der Waals surface area contributed by atoms with Crippen molar-refractivity contribution in [3.63, 3.8) is 0 Å². The van der Waals surface area contributed by atoms with Crippen molar-refractivity contribution in [1.29, 1.82) is 0 Å². The number of benzene rings is 1. The van der Waals surface area contributed by atoms with Crippen LogP contribution in [0, 0.1) is 0 Å². The lowest BCUT2D eigenvalue weighted by atomic mass is 10.0. The van der Waals surface area contributed by atoms with Crippen molar-refractivity contribution >= 4 is 34.3 Å². The lowest BCUT2D eigenvalue weighted by molar-refractivity contribution is -0.138. The fourth-order valence-corrected chi connectivity index (χ4v) is 3.85. The Kier molecular flexibility index (Phi) is 9.27. The summed E-state index contributed by atoms with van der Waals surface area (Å²) < 4.78 is 1.11. The van der Waals surface area contributed by atoms with Gasteiger partial charge in [-0.3, -0.25) is 14.6 Å². The summed E-state index contributed by atoms with van der Waals surface area (Å²) in [6, 6.07) is 9.46. The maximum atomic E-state index is 10.9. The van der Waals surface area contributed by atoms with Crippen molar-refractivity contribution in [1.82, 2.24) is 9.80 Å². The monoisotopic (exact) mass is 418 g/mol. The Morgan fingerprint density at radius 1 is 1.33 bits per heavy atom. The molecule has 0 radical (unpaired) electrons. The first-order valence-corrected chi connectivity index (χ1v) is 9.22. The number of aliphatic carboxylic acids is 1. The zero-order valence-corrected chi connectivity index (χ0v) is 16.9. The van der Waals surface area contributed by atoms with Gasteiger partial charge in [0.2, 0.25) is 0 Å². The van der Waals surface area contributed by atoms with Crippen LogP contribution in [0.5, 0.6) is 0 Å². The molecule has 2 unspecified atom stereocenters. The molecular weight excluding hydrogens is 392 g/mol. The number of carboxylic acid groups (broad SMARTS) is 1. The molecule has 24 heavy (non-hydrogen) atoms. The second kappa shape index (κ2) is 10.4. The fourth-order valence-electron chi connectivity index (χ4n) is 3.59. The van der Waals surface area contributed by atoms with Gasteiger partial charge in [-0.05, 0) is 57.0 Å². The van der Waals surface area contributed by atoms with Crippen molar-refractivity contribution in [2.24, 2.45) is 0 Å². The first-order valence-electron chi connectivity index (χ1n) is 8.42. The van der Waals surface area contributed by atoms with Gasteiger partial charge in [0.1, 0.15) is 0 Å². The minimum atomic E-state index is -0.741. The number of carboxylic acids is 1. The zero-order valence-electron chi connectivity index (χ0n) is 14.4. The van der Waals surface area contributed by atoms with E-state index in [1.165, 1.54) is 5.56 Å². The molecule has 0 spiro atoms. The topological polar surface area (TPSA) is 43.8 Å². The molecule has 2 rings (SSSR count). The average Bonchev–Trinajstić information content (AvgIpc) is 2.75. The van der Waals surface area contributed by atoms with Crippen LogP contribution in [0.4, 0.5) is 0 Å². The lowest BCUT2D eigenvalue weighted by Gasteiger charge is -2.31. The van der Waals surface area contributed by atoms with Gasteiger partial charge in [0, 0.05) is 23.1 Å². The third kappa shape index (κ3) is 6.03. The molecule has 1 fully saturated rings. The van der Waals surface area contributed by atoms with E-state index in [1.807, 2.05) is 11.9 Å². The molecule has 2 atom stereocenters. The normalized spacial score (nSPS) is 20.2. The van der Waals surface area contributed by atoms with Gasteiger partial charge < -0.3 is 5.11 Å². The first-order chi connectivity index (χ1) is 11.0. The minimum Gasteiger partial charge on any atom is -0.480 e. The van der Waals surface area contributed by atoms with E-state index in [9.17, 15) is 4.79 Å². The van der Waals surface area contributed by atoms with Gasteiger partial charge >= 0.3 is 5.97 Å². The highest BCUT2D eigenvalue weighted by atomic mass is 79.9. The minimum absolute atomic E-state index is 0. The van der Waals surface area contributed by atoms with Gasteiger partial charge in [0.25, 0.3) is 0 Å². The van der Waals surface area contributed by atoms with E-state index >= 15 is 0 Å². The summed E-state index contributed by atoms with van der Waals surface area (Å²) in [4.78, 5) is 15.5. The highest BCUT2D eigenvalue weighted by Crippen LogP contribution is 2.28. The Morgan fingerprint density at radius 2 is 2.00 bits per heavy atom. The Bertz CT molecular complexity index is 512. The second-order valence-electron chi connectivity index (χ2n) is 6.41. The van der Waals surface area contributed by atoms with Crippen molar-refractivity contribution in [3.05, 3.63) is 34.3 Å². The molecule has 0 aliphatic carbocycles. The molecule has 0 amide bonds. The highest BCUT2D eigenvalue weighted by molar-refractivity contribution is 9.10. The van der Waals surface area contributed by atoms with Crippen LogP contribution in [0.25, 0.3) is 0 Å². The van der Waals surface area contributed by atoms with Crippen LogP contribution >= 0.6 is 28.3 Å². The lowest BCUT2D eigenvalue weighted by Crippen LogP contribution is -2.37. The van der Waals surface area contributed by atoms with Crippen LogP contribution in [-0.2, 0) is 4.79 Å². The molecule has 0 saturated carbocycles. The summed E-state index contributed by atoms with van der Waals surface area (Å²) in [7, 11) is 1.93. The van der Waals surface area contributed by atoms with Crippen LogP contribution in [0.3, 0.4) is 0 Å². The van der Waals surface area contributed by atoms with E-state index in [-0.39, 0.29) is 19.0 Å². The summed E-state index contributed by atoms with van der Waals surface area (Å²) in [6.45, 7) is 4.50. The number of nitrogens with zero attached hydrogens (tertiary/aromatic N) is 2. The standard InChI is InChI=1S/C18H27BrN2O2.ClH/c1-3-17(14-6-8-15(19)9-7-14)21-11-4-5-16(10-12-21)20(2)13-18(22)23;/h6-9,16-17H,3-5,10-13H2,1-2H3,(H,22,23);1H. The van der Waals surface area contributed by atoms with Crippen molar-refractivity contribution in [2.75, 3.05) is 26.7 Å². The number of rotatable bonds is 6. The van der Waals surface area contributed by atoms with Crippen LogP contribution in [-0.4, -0.2) is 53.6 Å². The molecule has 4 nitrogen and oxygen atoms in total. The fraction of sp³-hybridized carbons (Fsp3) is 0.611. The summed E-state index contributed by atoms with van der Waals surface area (Å²) >= 11 is 3.50.